The molecule has 5 atom stereocenters. The van der Waals surface area contributed by atoms with Crippen molar-refractivity contribution in [3.8, 4) is 0 Å². The molecule has 2 aliphatic heterocycles. The second kappa shape index (κ2) is 10.9. The first-order chi connectivity index (χ1) is 22.2. The zero-order valence-corrected chi connectivity index (χ0v) is 26.3. The van der Waals surface area contributed by atoms with Gasteiger partial charge in [0.25, 0.3) is 0 Å². The van der Waals surface area contributed by atoms with Crippen molar-refractivity contribution in [2.75, 3.05) is 4.90 Å². The smallest absolute Gasteiger partial charge is 0.0783 e. The Kier molecular flexibility index (Phi) is 6.49. The van der Waals surface area contributed by atoms with Crippen molar-refractivity contribution < 1.29 is 0 Å². The van der Waals surface area contributed by atoms with Gasteiger partial charge in [0.2, 0.25) is 0 Å². The normalized spacial score (nSPS) is 23.7. The highest BCUT2D eigenvalue weighted by molar-refractivity contribution is 7.19. The number of anilines is 2. The van der Waals surface area contributed by atoms with E-state index in [1.807, 2.05) is 11.3 Å². The van der Waals surface area contributed by atoms with Crippen LogP contribution in [0.15, 0.2) is 138 Å². The maximum atomic E-state index is 5.38. The Bertz CT molecular complexity index is 2020. The number of hydrogen-bond acceptors (Lipinski definition) is 3. The summed E-state index contributed by atoms with van der Waals surface area (Å²) >= 11 is 2.00. The lowest BCUT2D eigenvalue weighted by atomic mass is 9.74. The van der Waals surface area contributed by atoms with Crippen LogP contribution in [0.5, 0.6) is 0 Å². The molecule has 0 saturated carbocycles. The van der Waals surface area contributed by atoms with Gasteiger partial charge in [0, 0.05) is 32.6 Å². The van der Waals surface area contributed by atoms with E-state index >= 15 is 0 Å². The predicted octanol–water partition coefficient (Wildman–Crippen LogP) is 11.2. The Morgan fingerprint density at radius 3 is 2.22 bits per heavy atom. The molecule has 1 aliphatic carbocycles. The van der Waals surface area contributed by atoms with Crippen LogP contribution in [0.25, 0.3) is 10.1 Å². The SMILES string of the molecule is CC1C(c2ccc(N3c4ccccc4C4CCc5sc6ccccc6c5C43)cc2)CC(c2ccccc2)=N[C@@H]1c1ccccc1. The standard InChI is InChI=1S/C42H36N2S/c1-27-35(26-36(29-12-4-2-5-13-29)43-41(27)30-14-6-3-7-15-30)28-20-22-31(23-21-28)44-37-18-10-8-16-32(37)33-24-25-39-40(42(33)44)34-17-9-11-19-38(34)45-39/h2-23,27,33,35,41-42H,24-26H2,1H3/t27?,33?,35?,41-,42?/m0/s1. The van der Waals surface area contributed by atoms with E-state index in [-0.39, 0.29) is 6.04 Å². The van der Waals surface area contributed by atoms with Crippen LogP contribution in [-0.2, 0) is 6.42 Å². The minimum atomic E-state index is 0.138. The van der Waals surface area contributed by atoms with Gasteiger partial charge in [-0.15, -0.1) is 11.3 Å². The quantitative estimate of drug-likeness (QED) is 0.197. The number of hydrogen-bond donors (Lipinski definition) is 0. The van der Waals surface area contributed by atoms with Gasteiger partial charge < -0.3 is 4.90 Å². The molecule has 4 unspecified atom stereocenters. The number of aliphatic imine (C=N–C) groups is 1. The fraction of sp³-hybridized carbons (Fsp3) is 0.214. The maximum Gasteiger partial charge on any atom is 0.0783 e. The van der Waals surface area contributed by atoms with Crippen molar-refractivity contribution >= 4 is 38.5 Å². The fourth-order valence-corrected chi connectivity index (χ4v) is 9.74. The van der Waals surface area contributed by atoms with Crippen LogP contribution < -0.4 is 4.90 Å². The Morgan fingerprint density at radius 2 is 1.40 bits per heavy atom. The molecule has 6 aromatic rings. The molecule has 3 aliphatic rings. The summed E-state index contributed by atoms with van der Waals surface area (Å²) in [5, 5.41) is 1.44. The molecule has 9 rings (SSSR count). The van der Waals surface area contributed by atoms with Crippen LogP contribution >= 0.6 is 11.3 Å². The summed E-state index contributed by atoms with van der Waals surface area (Å²) in [6, 6.07) is 49.9. The van der Waals surface area contributed by atoms with Gasteiger partial charge in [0.15, 0.2) is 0 Å². The number of nitrogens with zero attached hydrogens (tertiary/aromatic N) is 2. The largest absolute Gasteiger partial charge is 0.333 e. The summed E-state index contributed by atoms with van der Waals surface area (Å²) in [7, 11) is 0. The average molecular weight is 601 g/mol. The molecule has 5 aromatic carbocycles. The number of rotatable bonds is 4. The average Bonchev–Trinajstić information content (AvgIpc) is 3.65. The lowest BCUT2D eigenvalue weighted by Crippen LogP contribution is -2.27. The molecule has 0 radical (unpaired) electrons. The van der Waals surface area contributed by atoms with E-state index < -0.39 is 0 Å². The van der Waals surface area contributed by atoms with Crippen molar-refractivity contribution in [3.63, 3.8) is 0 Å². The van der Waals surface area contributed by atoms with Crippen molar-refractivity contribution in [1.82, 2.24) is 0 Å². The molecule has 2 nitrogen and oxygen atoms in total. The van der Waals surface area contributed by atoms with Crippen LogP contribution in [0.4, 0.5) is 11.4 Å². The van der Waals surface area contributed by atoms with Crippen LogP contribution in [0.1, 0.15) is 76.4 Å². The Hall–Kier alpha value is -4.47. The molecule has 45 heavy (non-hydrogen) atoms. The third kappa shape index (κ3) is 4.40. The summed E-state index contributed by atoms with van der Waals surface area (Å²) in [4.78, 5) is 9.61. The number of thiophene rings is 1. The topological polar surface area (TPSA) is 15.6 Å². The first-order valence-corrected chi connectivity index (χ1v) is 17.2. The number of benzene rings is 5. The summed E-state index contributed by atoms with van der Waals surface area (Å²) in [6.45, 7) is 2.40. The Labute approximate surface area is 269 Å². The predicted molar refractivity (Wildman–Crippen MR) is 189 cm³/mol. The van der Waals surface area contributed by atoms with Gasteiger partial charge in [-0.05, 0) is 88.6 Å². The number of aryl methyl sites for hydroxylation is 1. The highest BCUT2D eigenvalue weighted by Crippen LogP contribution is 2.59. The van der Waals surface area contributed by atoms with Crippen LogP contribution in [-0.4, -0.2) is 5.71 Å². The molecule has 1 aromatic heterocycles. The molecule has 0 amide bonds. The first kappa shape index (κ1) is 26.9. The van der Waals surface area contributed by atoms with Gasteiger partial charge in [-0.1, -0.05) is 116 Å². The van der Waals surface area contributed by atoms with E-state index in [9.17, 15) is 0 Å². The van der Waals surface area contributed by atoms with E-state index in [0.29, 0.717) is 23.8 Å². The van der Waals surface area contributed by atoms with Crippen molar-refractivity contribution in [3.05, 3.63) is 166 Å². The summed E-state index contributed by atoms with van der Waals surface area (Å²) < 4.78 is 1.42. The third-order valence-corrected chi connectivity index (χ3v) is 11.9. The van der Waals surface area contributed by atoms with Gasteiger partial charge in [-0.2, -0.15) is 0 Å². The summed E-state index contributed by atoms with van der Waals surface area (Å²) in [5.74, 6) is 1.29. The highest BCUT2D eigenvalue weighted by atomic mass is 32.1. The number of para-hydroxylation sites is 1. The lowest BCUT2D eigenvalue weighted by molar-refractivity contribution is 0.375. The van der Waals surface area contributed by atoms with Gasteiger partial charge in [-0.3, -0.25) is 4.99 Å². The summed E-state index contributed by atoms with van der Waals surface area (Å²) in [6.07, 6.45) is 3.33. The number of fused-ring (bicyclic) bond motifs is 7. The van der Waals surface area contributed by atoms with Gasteiger partial charge >= 0.3 is 0 Å². The van der Waals surface area contributed by atoms with E-state index in [1.54, 1.807) is 10.4 Å². The molecule has 220 valence electrons. The second-order valence-corrected chi connectivity index (χ2v) is 14.1. The van der Waals surface area contributed by atoms with Crippen LogP contribution in [0, 0.1) is 5.92 Å². The molecule has 3 heteroatoms. The van der Waals surface area contributed by atoms with Crippen molar-refractivity contribution in [2.45, 2.75) is 50.1 Å². The zero-order chi connectivity index (χ0) is 29.9. The van der Waals surface area contributed by atoms with Gasteiger partial charge in [0.05, 0.1) is 12.1 Å². The van der Waals surface area contributed by atoms with Crippen molar-refractivity contribution in [1.29, 1.82) is 0 Å². The molecular formula is C42H36N2S. The van der Waals surface area contributed by atoms with E-state index in [4.69, 9.17) is 4.99 Å². The lowest BCUT2D eigenvalue weighted by Gasteiger charge is -2.36. The van der Waals surface area contributed by atoms with E-state index in [0.717, 1.165) is 6.42 Å². The molecule has 0 bridgehead atoms. The fourth-order valence-electron chi connectivity index (χ4n) is 8.48. The van der Waals surface area contributed by atoms with Crippen LogP contribution in [0.2, 0.25) is 0 Å². The third-order valence-electron chi connectivity index (χ3n) is 10.6. The summed E-state index contributed by atoms with van der Waals surface area (Å²) in [5.41, 5.74) is 10.9. The maximum absolute atomic E-state index is 5.38. The van der Waals surface area contributed by atoms with Crippen LogP contribution in [0.3, 0.4) is 0 Å². The van der Waals surface area contributed by atoms with E-state index in [1.165, 1.54) is 62.3 Å². The Morgan fingerprint density at radius 1 is 0.689 bits per heavy atom. The van der Waals surface area contributed by atoms with E-state index in [2.05, 4.69) is 145 Å². The molecule has 0 N–H and O–H groups in total. The first-order valence-electron chi connectivity index (χ1n) is 16.4. The molecule has 3 heterocycles. The second-order valence-electron chi connectivity index (χ2n) is 13.0. The molecule has 0 saturated heterocycles. The minimum absolute atomic E-state index is 0.138. The van der Waals surface area contributed by atoms with Crippen molar-refractivity contribution in [2.24, 2.45) is 10.9 Å². The Balaban J connectivity index is 1.11. The molecule has 0 spiro atoms. The molecular weight excluding hydrogens is 565 g/mol. The monoisotopic (exact) mass is 600 g/mol. The highest BCUT2D eigenvalue weighted by Gasteiger charge is 2.44. The molecule has 0 fully saturated rings. The zero-order valence-electron chi connectivity index (χ0n) is 25.5. The van der Waals surface area contributed by atoms with Gasteiger partial charge in [0.1, 0.15) is 0 Å². The minimum Gasteiger partial charge on any atom is -0.333 e. The van der Waals surface area contributed by atoms with Gasteiger partial charge in [-0.25, -0.2) is 0 Å².